The molecule has 0 aliphatic rings. The molecule has 0 bridgehead atoms. The van der Waals surface area contributed by atoms with Crippen LogP contribution in [0.2, 0.25) is 5.02 Å². The van der Waals surface area contributed by atoms with Crippen LogP contribution in [0.1, 0.15) is 44.9 Å². The highest BCUT2D eigenvalue weighted by Gasteiger charge is 2.20. The molecule has 6 heteroatoms. The number of ether oxygens (including phenoxy) is 3. The van der Waals surface area contributed by atoms with Gasteiger partial charge in [-0.2, -0.15) is 0 Å². The van der Waals surface area contributed by atoms with Crippen molar-refractivity contribution in [3.8, 4) is 5.75 Å². The molecule has 0 saturated carbocycles. The molecule has 164 valence electrons. The molecular weight excluding hydrogens is 402 g/mol. The molecule has 30 heavy (non-hydrogen) atoms. The van der Waals surface area contributed by atoms with Gasteiger partial charge in [-0.1, -0.05) is 54.9 Å². The Bertz CT molecular complexity index is 805. The number of likely N-dealkylation sites (N-methyl/N-ethyl adjacent to an activating group) is 1. The summed E-state index contributed by atoms with van der Waals surface area (Å²) in [7, 11) is 1.70. The Morgan fingerprint density at radius 1 is 1.10 bits per heavy atom. The molecule has 0 fully saturated rings. The highest BCUT2D eigenvalue weighted by atomic mass is 35.5. The average molecular weight is 434 g/mol. The molecule has 2 aromatic rings. The topological polar surface area (TPSA) is 48.0 Å². The lowest BCUT2D eigenvalue weighted by Gasteiger charge is -2.25. The lowest BCUT2D eigenvalue weighted by molar-refractivity contribution is 0.0145. The number of carbonyl (C=O) groups excluding carboxylic acids is 1. The molecule has 0 spiro atoms. The third-order valence-electron chi connectivity index (χ3n) is 4.42. The van der Waals surface area contributed by atoms with E-state index in [1.54, 1.807) is 7.05 Å². The van der Waals surface area contributed by atoms with E-state index in [1.807, 2.05) is 69.3 Å². The second-order valence-corrected chi connectivity index (χ2v) is 8.47. The van der Waals surface area contributed by atoms with Crippen LogP contribution in [0.25, 0.3) is 0 Å². The zero-order chi connectivity index (χ0) is 22.1. The molecule has 0 aliphatic heterocycles. The van der Waals surface area contributed by atoms with Crippen LogP contribution in [0.15, 0.2) is 48.5 Å². The van der Waals surface area contributed by atoms with Crippen molar-refractivity contribution in [2.24, 2.45) is 0 Å². The maximum absolute atomic E-state index is 12.1. The summed E-state index contributed by atoms with van der Waals surface area (Å²) in [6.45, 7) is 8.73. The van der Waals surface area contributed by atoms with Gasteiger partial charge in [0.1, 0.15) is 17.5 Å². The van der Waals surface area contributed by atoms with E-state index in [0.29, 0.717) is 24.8 Å². The number of carbonyl (C=O) groups is 1. The van der Waals surface area contributed by atoms with Crippen molar-refractivity contribution in [3.05, 3.63) is 64.7 Å². The van der Waals surface area contributed by atoms with Crippen LogP contribution in [0.4, 0.5) is 4.79 Å². The van der Waals surface area contributed by atoms with Gasteiger partial charge in [-0.05, 0) is 44.9 Å². The minimum Gasteiger partial charge on any atom is -0.483 e. The van der Waals surface area contributed by atoms with Crippen molar-refractivity contribution in [3.63, 3.8) is 0 Å². The minimum atomic E-state index is -0.521. The van der Waals surface area contributed by atoms with Crippen molar-refractivity contribution in [2.75, 3.05) is 26.8 Å². The zero-order valence-corrected chi connectivity index (χ0v) is 19.2. The van der Waals surface area contributed by atoms with Crippen molar-refractivity contribution >= 4 is 17.7 Å². The largest absolute Gasteiger partial charge is 0.483 e. The molecule has 2 aromatic carbocycles. The second-order valence-electron chi connectivity index (χ2n) is 8.06. The number of rotatable bonds is 9. The quantitative estimate of drug-likeness (QED) is 0.461. The predicted molar refractivity (Wildman–Crippen MR) is 120 cm³/mol. The van der Waals surface area contributed by atoms with E-state index in [0.717, 1.165) is 23.3 Å². The van der Waals surface area contributed by atoms with Crippen LogP contribution in [0.3, 0.4) is 0 Å². The fourth-order valence-corrected chi connectivity index (χ4v) is 3.13. The Balaban J connectivity index is 1.99. The lowest BCUT2D eigenvalue weighted by atomic mass is 10.1. The third kappa shape index (κ3) is 7.54. The monoisotopic (exact) mass is 433 g/mol. The second kappa shape index (κ2) is 11.2. The van der Waals surface area contributed by atoms with Gasteiger partial charge in [0.25, 0.3) is 0 Å². The lowest BCUT2D eigenvalue weighted by Crippen LogP contribution is -2.36. The molecule has 0 radical (unpaired) electrons. The summed E-state index contributed by atoms with van der Waals surface area (Å²) in [6, 6.07) is 15.6. The summed E-state index contributed by atoms with van der Waals surface area (Å²) in [4.78, 5) is 13.6. The molecule has 2 rings (SSSR count). The summed E-state index contributed by atoms with van der Waals surface area (Å²) in [5.74, 6) is 0.758. The number of hydrogen-bond donors (Lipinski definition) is 0. The van der Waals surface area contributed by atoms with E-state index in [9.17, 15) is 4.79 Å². The molecule has 1 amide bonds. The van der Waals surface area contributed by atoms with Crippen LogP contribution in [-0.2, 0) is 15.9 Å². The van der Waals surface area contributed by atoms with Gasteiger partial charge in [0.15, 0.2) is 0 Å². The van der Waals surface area contributed by atoms with Crippen molar-refractivity contribution in [1.82, 2.24) is 4.90 Å². The van der Waals surface area contributed by atoms with E-state index in [2.05, 4.69) is 6.92 Å². The van der Waals surface area contributed by atoms with Crippen molar-refractivity contribution in [1.29, 1.82) is 0 Å². The maximum atomic E-state index is 12.1. The first-order valence-corrected chi connectivity index (χ1v) is 10.6. The van der Waals surface area contributed by atoms with E-state index >= 15 is 0 Å². The summed E-state index contributed by atoms with van der Waals surface area (Å²) in [5.41, 5.74) is 1.47. The number of nitrogens with zero attached hydrogens (tertiary/aromatic N) is 1. The molecule has 0 heterocycles. The highest BCUT2D eigenvalue weighted by Crippen LogP contribution is 2.31. The Morgan fingerprint density at radius 3 is 2.43 bits per heavy atom. The van der Waals surface area contributed by atoms with Gasteiger partial charge >= 0.3 is 6.09 Å². The van der Waals surface area contributed by atoms with Crippen molar-refractivity contribution in [2.45, 2.75) is 45.8 Å². The molecule has 0 unspecified atom stereocenters. The summed E-state index contributed by atoms with van der Waals surface area (Å²) >= 11 is 6.34. The number of hydrogen-bond acceptors (Lipinski definition) is 4. The van der Waals surface area contributed by atoms with E-state index in [1.165, 1.54) is 4.90 Å². The first kappa shape index (κ1) is 24.0. The molecule has 0 N–H and O–H groups in total. The highest BCUT2D eigenvalue weighted by molar-refractivity contribution is 6.31. The van der Waals surface area contributed by atoms with Gasteiger partial charge in [0.2, 0.25) is 0 Å². The number of amides is 1. The van der Waals surface area contributed by atoms with Gasteiger partial charge in [0, 0.05) is 24.2 Å². The first-order chi connectivity index (χ1) is 14.2. The Labute approximate surface area is 184 Å². The number of halogens is 1. The standard InChI is InChI=1S/C24H32ClNO4/c1-6-19-20(25)13-10-14-21(19)29-22(18-11-8-7-9-12-18)17-28-16-15-26(5)23(27)30-24(2,3)4/h7-14,22H,6,15-17H2,1-5H3/t22-/m1/s1. The molecule has 1 atom stereocenters. The average Bonchev–Trinajstić information content (AvgIpc) is 2.69. The van der Waals surface area contributed by atoms with Crippen LogP contribution in [0, 0.1) is 0 Å². The van der Waals surface area contributed by atoms with Crippen LogP contribution in [0.5, 0.6) is 5.75 Å². The SMILES string of the molecule is CCc1c(Cl)cccc1O[C@H](COCCN(C)C(=O)OC(C)(C)C)c1ccccc1. The van der Waals surface area contributed by atoms with E-state index in [4.69, 9.17) is 25.8 Å². The van der Waals surface area contributed by atoms with Crippen LogP contribution < -0.4 is 4.74 Å². The van der Waals surface area contributed by atoms with Crippen LogP contribution in [-0.4, -0.2) is 43.4 Å². The zero-order valence-electron chi connectivity index (χ0n) is 18.5. The molecular formula is C24H32ClNO4. The van der Waals surface area contributed by atoms with E-state index < -0.39 is 5.60 Å². The number of benzene rings is 2. The predicted octanol–water partition coefficient (Wildman–Crippen LogP) is 5.91. The van der Waals surface area contributed by atoms with Gasteiger partial charge < -0.3 is 19.1 Å². The molecule has 0 saturated heterocycles. The van der Waals surface area contributed by atoms with Crippen molar-refractivity contribution < 1.29 is 19.0 Å². The Hall–Kier alpha value is -2.24. The van der Waals surface area contributed by atoms with Gasteiger partial charge in [-0.3, -0.25) is 0 Å². The van der Waals surface area contributed by atoms with Gasteiger partial charge in [0.05, 0.1) is 13.2 Å². The fourth-order valence-electron chi connectivity index (χ4n) is 2.83. The van der Waals surface area contributed by atoms with Gasteiger partial charge in [-0.25, -0.2) is 4.79 Å². The summed E-state index contributed by atoms with van der Waals surface area (Å²) in [5, 5.41) is 0.696. The summed E-state index contributed by atoms with van der Waals surface area (Å²) in [6.07, 6.45) is 0.119. The maximum Gasteiger partial charge on any atom is 0.410 e. The van der Waals surface area contributed by atoms with Crippen LogP contribution >= 0.6 is 11.6 Å². The summed E-state index contributed by atoms with van der Waals surface area (Å²) < 4.78 is 17.5. The third-order valence-corrected chi connectivity index (χ3v) is 4.77. The first-order valence-electron chi connectivity index (χ1n) is 10.2. The molecule has 0 aliphatic carbocycles. The fraction of sp³-hybridized carbons (Fsp3) is 0.458. The molecule has 0 aromatic heterocycles. The normalized spacial score (nSPS) is 12.3. The Kier molecular flexibility index (Phi) is 9.00. The Morgan fingerprint density at radius 2 is 1.80 bits per heavy atom. The molecule has 5 nitrogen and oxygen atoms in total. The van der Waals surface area contributed by atoms with Gasteiger partial charge in [-0.15, -0.1) is 0 Å². The van der Waals surface area contributed by atoms with E-state index in [-0.39, 0.29) is 12.2 Å². The smallest absolute Gasteiger partial charge is 0.410 e. The minimum absolute atomic E-state index is 0.290.